The van der Waals surface area contributed by atoms with Gasteiger partial charge in [0.2, 0.25) is 0 Å². The van der Waals surface area contributed by atoms with Crippen LogP contribution in [0.3, 0.4) is 0 Å². The average Bonchev–Trinajstić information content (AvgIpc) is 2.44. The van der Waals surface area contributed by atoms with Crippen molar-refractivity contribution in [2.75, 3.05) is 6.61 Å². The minimum Gasteiger partial charge on any atom is -0.466 e. The zero-order chi connectivity index (χ0) is 13.7. The van der Waals surface area contributed by atoms with Gasteiger partial charge in [0.05, 0.1) is 12.5 Å². The second-order valence-electron chi connectivity index (χ2n) is 4.70. The number of ether oxygens (including phenoxy) is 1. The zero-order valence-electron chi connectivity index (χ0n) is 11.6. The van der Waals surface area contributed by atoms with Crippen molar-refractivity contribution in [3.05, 3.63) is 48.0 Å². The van der Waals surface area contributed by atoms with E-state index < -0.39 is 0 Å². The Kier molecular flexibility index (Phi) is 4.56. The first-order valence-corrected chi connectivity index (χ1v) is 6.91. The summed E-state index contributed by atoms with van der Waals surface area (Å²) in [5, 5.41) is 2.37. The summed E-state index contributed by atoms with van der Waals surface area (Å²) in [6.07, 6.45) is 1.80. The second kappa shape index (κ2) is 6.37. The maximum absolute atomic E-state index is 12.0. The smallest absolute Gasteiger partial charge is 0.313 e. The van der Waals surface area contributed by atoms with Crippen LogP contribution in [-0.4, -0.2) is 12.6 Å². The molecule has 0 aromatic heterocycles. The molecule has 0 heterocycles. The molecule has 0 amide bonds. The number of fused-ring (bicyclic) bond motifs is 1. The van der Waals surface area contributed by atoms with E-state index in [-0.39, 0.29) is 11.9 Å². The van der Waals surface area contributed by atoms with E-state index in [1.165, 1.54) is 10.8 Å². The van der Waals surface area contributed by atoms with E-state index in [9.17, 15) is 4.79 Å². The van der Waals surface area contributed by atoms with E-state index in [1.54, 1.807) is 0 Å². The highest BCUT2D eigenvalue weighted by molar-refractivity contribution is 5.85. The number of carbonyl (C=O) groups is 1. The minimum absolute atomic E-state index is 0.111. The van der Waals surface area contributed by atoms with Crippen LogP contribution in [-0.2, 0) is 9.53 Å². The lowest BCUT2D eigenvalue weighted by molar-refractivity contribution is -0.145. The van der Waals surface area contributed by atoms with Gasteiger partial charge in [-0.3, -0.25) is 4.79 Å². The van der Waals surface area contributed by atoms with Gasteiger partial charge in [-0.1, -0.05) is 55.8 Å². The molecule has 2 aromatic rings. The van der Waals surface area contributed by atoms with Gasteiger partial charge in [-0.05, 0) is 29.7 Å². The van der Waals surface area contributed by atoms with Crippen molar-refractivity contribution in [3.8, 4) is 0 Å². The average molecular weight is 256 g/mol. The number of rotatable bonds is 5. The quantitative estimate of drug-likeness (QED) is 0.746. The molecule has 1 atom stereocenters. The molecule has 2 heteroatoms. The Morgan fingerprint density at radius 2 is 1.84 bits per heavy atom. The van der Waals surface area contributed by atoms with Crippen molar-refractivity contribution in [3.63, 3.8) is 0 Å². The predicted molar refractivity (Wildman–Crippen MR) is 78.2 cm³/mol. The molecule has 0 radical (unpaired) electrons. The highest BCUT2D eigenvalue weighted by Crippen LogP contribution is 2.26. The molecule has 2 rings (SSSR count). The lowest BCUT2D eigenvalue weighted by Crippen LogP contribution is -2.15. The summed E-state index contributed by atoms with van der Waals surface area (Å²) in [7, 11) is 0. The van der Waals surface area contributed by atoms with Gasteiger partial charge in [0.25, 0.3) is 0 Å². The fourth-order valence-corrected chi connectivity index (χ4v) is 2.38. The van der Waals surface area contributed by atoms with Gasteiger partial charge in [0.15, 0.2) is 0 Å². The van der Waals surface area contributed by atoms with Crippen LogP contribution in [0.5, 0.6) is 0 Å². The van der Waals surface area contributed by atoms with Crippen LogP contribution in [0.4, 0.5) is 0 Å². The topological polar surface area (TPSA) is 26.3 Å². The van der Waals surface area contributed by atoms with Crippen molar-refractivity contribution in [1.82, 2.24) is 0 Å². The third-order valence-electron chi connectivity index (χ3n) is 3.32. The molecule has 0 saturated carbocycles. The molecule has 0 N–H and O–H groups in total. The van der Waals surface area contributed by atoms with E-state index in [2.05, 4.69) is 31.2 Å². The second-order valence-corrected chi connectivity index (χ2v) is 4.70. The van der Waals surface area contributed by atoms with Gasteiger partial charge < -0.3 is 4.74 Å². The summed E-state index contributed by atoms with van der Waals surface area (Å²) in [4.78, 5) is 12.0. The van der Waals surface area contributed by atoms with E-state index in [0.717, 1.165) is 18.4 Å². The molecule has 0 bridgehead atoms. The van der Waals surface area contributed by atoms with Crippen LogP contribution in [0, 0.1) is 0 Å². The van der Waals surface area contributed by atoms with Crippen LogP contribution >= 0.6 is 0 Å². The molecular weight excluding hydrogens is 236 g/mol. The van der Waals surface area contributed by atoms with Gasteiger partial charge in [0, 0.05) is 0 Å². The van der Waals surface area contributed by atoms with Crippen molar-refractivity contribution in [1.29, 1.82) is 0 Å². The zero-order valence-corrected chi connectivity index (χ0v) is 11.6. The highest BCUT2D eigenvalue weighted by Gasteiger charge is 2.21. The fourth-order valence-electron chi connectivity index (χ4n) is 2.38. The van der Waals surface area contributed by atoms with Gasteiger partial charge >= 0.3 is 5.97 Å². The summed E-state index contributed by atoms with van der Waals surface area (Å²) in [5.41, 5.74) is 1.05. The van der Waals surface area contributed by atoms with E-state index in [4.69, 9.17) is 4.74 Å². The standard InChI is InChI=1S/C17H20O2/c1-3-7-16(17(18)19-4-2)15-11-10-13-8-5-6-9-14(13)12-15/h5-6,8-12,16H,3-4,7H2,1-2H3. The third-order valence-corrected chi connectivity index (χ3v) is 3.32. The minimum atomic E-state index is -0.144. The first kappa shape index (κ1) is 13.6. The number of benzene rings is 2. The molecule has 0 aliphatic carbocycles. The van der Waals surface area contributed by atoms with Gasteiger partial charge in [-0.15, -0.1) is 0 Å². The van der Waals surface area contributed by atoms with Gasteiger partial charge in [-0.25, -0.2) is 0 Å². The number of hydrogen-bond donors (Lipinski definition) is 0. The predicted octanol–water partition coefficient (Wildman–Crippen LogP) is 4.29. The summed E-state index contributed by atoms with van der Waals surface area (Å²) in [6, 6.07) is 14.4. The van der Waals surface area contributed by atoms with E-state index >= 15 is 0 Å². The van der Waals surface area contributed by atoms with Gasteiger partial charge in [-0.2, -0.15) is 0 Å². The molecular formula is C17H20O2. The largest absolute Gasteiger partial charge is 0.466 e. The molecule has 2 aromatic carbocycles. The SMILES string of the molecule is CCCC(C(=O)OCC)c1ccc2ccccc2c1. The number of hydrogen-bond acceptors (Lipinski definition) is 2. The molecule has 0 aliphatic rings. The van der Waals surface area contributed by atoms with E-state index in [0.29, 0.717) is 6.61 Å². The molecule has 0 saturated heterocycles. The first-order chi connectivity index (χ1) is 9.26. The maximum Gasteiger partial charge on any atom is 0.313 e. The van der Waals surface area contributed by atoms with Crippen LogP contribution < -0.4 is 0 Å². The molecule has 0 fully saturated rings. The van der Waals surface area contributed by atoms with Crippen molar-refractivity contribution in [2.45, 2.75) is 32.6 Å². The number of esters is 1. The normalized spacial score (nSPS) is 12.3. The van der Waals surface area contributed by atoms with Crippen LogP contribution in [0.1, 0.15) is 38.2 Å². The lowest BCUT2D eigenvalue weighted by Gasteiger charge is -2.15. The van der Waals surface area contributed by atoms with Gasteiger partial charge in [0.1, 0.15) is 0 Å². The van der Waals surface area contributed by atoms with Crippen molar-refractivity contribution in [2.24, 2.45) is 0 Å². The van der Waals surface area contributed by atoms with Crippen LogP contribution in [0.2, 0.25) is 0 Å². The Balaban J connectivity index is 2.35. The summed E-state index contributed by atoms with van der Waals surface area (Å²) in [6.45, 7) is 4.38. The van der Waals surface area contributed by atoms with Crippen LogP contribution in [0.15, 0.2) is 42.5 Å². The Morgan fingerprint density at radius 3 is 2.53 bits per heavy atom. The Labute approximate surface area is 114 Å². The van der Waals surface area contributed by atoms with Crippen molar-refractivity contribution < 1.29 is 9.53 Å². The number of carbonyl (C=O) groups excluding carboxylic acids is 1. The molecule has 100 valence electrons. The molecule has 0 aliphatic heterocycles. The maximum atomic E-state index is 12.0. The molecule has 1 unspecified atom stereocenters. The molecule has 19 heavy (non-hydrogen) atoms. The van der Waals surface area contributed by atoms with Crippen molar-refractivity contribution >= 4 is 16.7 Å². The molecule has 2 nitrogen and oxygen atoms in total. The third kappa shape index (κ3) is 3.14. The van der Waals surface area contributed by atoms with E-state index in [1.807, 2.05) is 25.1 Å². The Hall–Kier alpha value is -1.83. The summed E-state index contributed by atoms with van der Waals surface area (Å²) >= 11 is 0. The fraction of sp³-hybridized carbons (Fsp3) is 0.353. The molecule has 0 spiro atoms. The lowest BCUT2D eigenvalue weighted by atomic mass is 9.92. The monoisotopic (exact) mass is 256 g/mol. The Bertz CT molecular complexity index is 560. The first-order valence-electron chi connectivity index (χ1n) is 6.91. The summed E-state index contributed by atoms with van der Waals surface area (Å²) in [5.74, 6) is -0.255. The highest BCUT2D eigenvalue weighted by atomic mass is 16.5. The Morgan fingerprint density at radius 1 is 1.11 bits per heavy atom. The van der Waals surface area contributed by atoms with Crippen LogP contribution in [0.25, 0.3) is 10.8 Å². The summed E-state index contributed by atoms with van der Waals surface area (Å²) < 4.78 is 5.18.